The molecule has 1 fully saturated rings. The smallest absolute Gasteiger partial charge is 0.306 e. The first-order valence-electron chi connectivity index (χ1n) is 8.16. The summed E-state index contributed by atoms with van der Waals surface area (Å²) in [6.07, 6.45) is 2.34. The Morgan fingerprint density at radius 2 is 2.00 bits per heavy atom. The zero-order chi connectivity index (χ0) is 15.3. The van der Waals surface area contributed by atoms with Crippen LogP contribution in [0, 0.1) is 5.92 Å². The molecule has 1 aromatic rings. The van der Waals surface area contributed by atoms with Crippen molar-refractivity contribution in [2.75, 3.05) is 19.6 Å². The van der Waals surface area contributed by atoms with Crippen LogP contribution in [0.25, 0.3) is 0 Å². The molecular weight excluding hydrogens is 262 g/mol. The molecule has 3 heteroatoms. The highest BCUT2D eigenvalue weighted by atomic mass is 16.6. The van der Waals surface area contributed by atoms with Gasteiger partial charge in [-0.25, -0.2) is 0 Å². The summed E-state index contributed by atoms with van der Waals surface area (Å²) >= 11 is 0. The van der Waals surface area contributed by atoms with Crippen molar-refractivity contribution in [1.29, 1.82) is 0 Å². The van der Waals surface area contributed by atoms with Crippen LogP contribution in [0.5, 0.6) is 0 Å². The highest BCUT2D eigenvalue weighted by molar-refractivity contribution is 5.69. The van der Waals surface area contributed by atoms with Gasteiger partial charge in [-0.1, -0.05) is 51.1 Å². The van der Waals surface area contributed by atoms with Crippen LogP contribution >= 0.6 is 0 Å². The fraction of sp³-hybridized carbons (Fsp3) is 0.611. The molecule has 1 aliphatic heterocycles. The predicted octanol–water partition coefficient (Wildman–Crippen LogP) is 3.59. The first-order valence-corrected chi connectivity index (χ1v) is 8.16. The molecule has 2 rings (SSSR count). The number of benzene rings is 1. The third-order valence-electron chi connectivity index (χ3n) is 4.75. The molecule has 0 N–H and O–H groups in total. The van der Waals surface area contributed by atoms with Crippen molar-refractivity contribution in [1.82, 2.24) is 4.90 Å². The third-order valence-corrected chi connectivity index (χ3v) is 4.75. The van der Waals surface area contributed by atoms with E-state index in [1.165, 1.54) is 0 Å². The summed E-state index contributed by atoms with van der Waals surface area (Å²) in [5, 5.41) is 0. The van der Waals surface area contributed by atoms with Gasteiger partial charge in [0.15, 0.2) is 0 Å². The minimum Gasteiger partial charge on any atom is -0.454 e. The molecule has 0 bridgehead atoms. The molecule has 0 radical (unpaired) electrons. The average Bonchev–Trinajstić information content (AvgIpc) is 3.02. The molecule has 116 valence electrons. The lowest BCUT2D eigenvalue weighted by atomic mass is 9.78. The van der Waals surface area contributed by atoms with Gasteiger partial charge in [-0.15, -0.1) is 0 Å². The van der Waals surface area contributed by atoms with E-state index >= 15 is 0 Å². The summed E-state index contributed by atoms with van der Waals surface area (Å²) in [4.78, 5) is 14.5. The number of hydrogen-bond acceptors (Lipinski definition) is 3. The van der Waals surface area contributed by atoms with Gasteiger partial charge in [-0.3, -0.25) is 4.79 Å². The van der Waals surface area contributed by atoms with Crippen molar-refractivity contribution in [3.8, 4) is 0 Å². The number of carbonyl (C=O) groups is 1. The second-order valence-electron chi connectivity index (χ2n) is 5.82. The molecule has 1 aromatic carbocycles. The molecule has 1 heterocycles. The van der Waals surface area contributed by atoms with E-state index in [0.29, 0.717) is 12.3 Å². The predicted molar refractivity (Wildman–Crippen MR) is 85.0 cm³/mol. The van der Waals surface area contributed by atoms with Gasteiger partial charge in [-0.05, 0) is 31.5 Å². The zero-order valence-electron chi connectivity index (χ0n) is 13.5. The molecule has 0 aromatic heterocycles. The van der Waals surface area contributed by atoms with Gasteiger partial charge < -0.3 is 9.64 Å². The normalized spacial score (nSPS) is 22.0. The minimum atomic E-state index is -0.474. The molecule has 2 atom stereocenters. The molecule has 1 saturated heterocycles. The van der Waals surface area contributed by atoms with Crippen molar-refractivity contribution in [3.05, 3.63) is 35.9 Å². The lowest BCUT2D eigenvalue weighted by Crippen LogP contribution is -2.41. The van der Waals surface area contributed by atoms with E-state index < -0.39 is 5.60 Å². The van der Waals surface area contributed by atoms with Gasteiger partial charge >= 0.3 is 5.97 Å². The van der Waals surface area contributed by atoms with E-state index in [-0.39, 0.29) is 5.97 Å². The number of rotatable bonds is 6. The monoisotopic (exact) mass is 289 g/mol. The summed E-state index contributed by atoms with van der Waals surface area (Å²) < 4.78 is 6.03. The first kappa shape index (κ1) is 16.0. The number of carbonyl (C=O) groups excluding carboxylic acids is 1. The van der Waals surface area contributed by atoms with Crippen molar-refractivity contribution in [2.24, 2.45) is 5.92 Å². The Bertz CT molecular complexity index is 460. The summed E-state index contributed by atoms with van der Waals surface area (Å²) in [6.45, 7) is 9.35. The van der Waals surface area contributed by atoms with Crippen LogP contribution in [0.3, 0.4) is 0 Å². The summed E-state index contributed by atoms with van der Waals surface area (Å²) in [5.41, 5.74) is 0.662. The summed E-state index contributed by atoms with van der Waals surface area (Å²) in [5.74, 6) is 0.274. The largest absolute Gasteiger partial charge is 0.454 e. The Labute approximate surface area is 128 Å². The van der Waals surface area contributed by atoms with Crippen LogP contribution in [0.4, 0.5) is 0 Å². The van der Waals surface area contributed by atoms with Gasteiger partial charge in [0, 0.05) is 18.9 Å². The average molecular weight is 289 g/mol. The quantitative estimate of drug-likeness (QED) is 0.750. The molecule has 1 aliphatic rings. The Morgan fingerprint density at radius 1 is 1.29 bits per heavy atom. The van der Waals surface area contributed by atoms with Gasteiger partial charge in [0.05, 0.1) is 0 Å². The van der Waals surface area contributed by atoms with Crippen LogP contribution in [0.1, 0.15) is 45.6 Å². The molecule has 0 unspecified atom stereocenters. The maximum Gasteiger partial charge on any atom is 0.306 e. The van der Waals surface area contributed by atoms with Crippen molar-refractivity contribution in [2.45, 2.75) is 45.6 Å². The van der Waals surface area contributed by atoms with Crippen LogP contribution in [-0.2, 0) is 15.1 Å². The highest BCUT2D eigenvalue weighted by Gasteiger charge is 2.45. The van der Waals surface area contributed by atoms with E-state index in [1.807, 2.05) is 25.1 Å². The fourth-order valence-corrected chi connectivity index (χ4v) is 3.44. The summed E-state index contributed by atoms with van der Waals surface area (Å²) in [6, 6.07) is 10.3. The number of esters is 1. The van der Waals surface area contributed by atoms with Crippen molar-refractivity contribution < 1.29 is 9.53 Å². The van der Waals surface area contributed by atoms with E-state index in [0.717, 1.165) is 38.0 Å². The zero-order valence-corrected chi connectivity index (χ0v) is 13.5. The highest BCUT2D eigenvalue weighted by Crippen LogP contribution is 2.42. The molecule has 3 nitrogen and oxygen atoms in total. The van der Waals surface area contributed by atoms with Gasteiger partial charge in [-0.2, -0.15) is 0 Å². The molecular formula is C18H27NO2. The lowest BCUT2D eigenvalue weighted by Gasteiger charge is -2.38. The van der Waals surface area contributed by atoms with Crippen LogP contribution in [-0.4, -0.2) is 30.5 Å². The molecule has 0 amide bonds. The maximum atomic E-state index is 12.0. The number of ether oxygens (including phenoxy) is 1. The Morgan fingerprint density at radius 3 is 2.52 bits per heavy atom. The van der Waals surface area contributed by atoms with Crippen LogP contribution in [0.2, 0.25) is 0 Å². The van der Waals surface area contributed by atoms with Gasteiger partial charge in [0.2, 0.25) is 0 Å². The van der Waals surface area contributed by atoms with Crippen molar-refractivity contribution in [3.63, 3.8) is 0 Å². The SMILES string of the molecule is CCC(=O)O[C@@](CC)(c1ccccc1)[C@@H]1CCN(CC)C1. The Balaban J connectivity index is 2.35. The van der Waals surface area contributed by atoms with Gasteiger partial charge in [0.25, 0.3) is 0 Å². The molecule has 0 aliphatic carbocycles. The second-order valence-corrected chi connectivity index (χ2v) is 5.82. The standard InChI is InChI=1S/C18H27NO2/c1-4-17(20)21-18(5-2,15-10-8-7-9-11-15)16-12-13-19(6-3)14-16/h7-11,16H,4-6,12-14H2,1-3H3/t16-,18+/m1/s1. The number of hydrogen-bond donors (Lipinski definition) is 0. The lowest BCUT2D eigenvalue weighted by molar-refractivity contribution is -0.168. The topological polar surface area (TPSA) is 29.5 Å². The third kappa shape index (κ3) is 3.29. The Kier molecular flexibility index (Phi) is 5.40. The minimum absolute atomic E-state index is 0.101. The van der Waals surface area contributed by atoms with E-state index in [2.05, 4.69) is 30.9 Å². The molecule has 0 saturated carbocycles. The molecule has 21 heavy (non-hydrogen) atoms. The van der Waals surface area contributed by atoms with E-state index in [4.69, 9.17) is 4.74 Å². The van der Waals surface area contributed by atoms with Crippen LogP contribution < -0.4 is 0 Å². The Hall–Kier alpha value is -1.35. The van der Waals surface area contributed by atoms with E-state index in [9.17, 15) is 4.79 Å². The maximum absolute atomic E-state index is 12.0. The molecule has 0 spiro atoms. The van der Waals surface area contributed by atoms with Crippen LogP contribution in [0.15, 0.2) is 30.3 Å². The first-order chi connectivity index (χ1) is 10.2. The second kappa shape index (κ2) is 7.08. The van der Waals surface area contributed by atoms with Crippen molar-refractivity contribution >= 4 is 5.97 Å². The fourth-order valence-electron chi connectivity index (χ4n) is 3.44. The van der Waals surface area contributed by atoms with E-state index in [1.54, 1.807) is 0 Å². The summed E-state index contributed by atoms with van der Waals surface area (Å²) in [7, 11) is 0. The number of nitrogens with zero attached hydrogens (tertiary/aromatic N) is 1. The number of likely N-dealkylation sites (tertiary alicyclic amines) is 1. The van der Waals surface area contributed by atoms with Gasteiger partial charge in [0.1, 0.15) is 5.60 Å².